The van der Waals surface area contributed by atoms with Crippen LogP contribution < -0.4 is 9.47 Å². The molecule has 19 heavy (non-hydrogen) atoms. The van der Waals surface area contributed by atoms with E-state index >= 15 is 0 Å². The zero-order chi connectivity index (χ0) is 14.3. The van der Waals surface area contributed by atoms with E-state index < -0.39 is 5.92 Å². The third-order valence-corrected chi connectivity index (χ3v) is 2.64. The molecule has 1 unspecified atom stereocenters. The smallest absolute Gasteiger partial charge is 0.307 e. The number of hydrogen-bond acceptors (Lipinski definition) is 5. The fourth-order valence-electron chi connectivity index (χ4n) is 1.69. The summed E-state index contributed by atoms with van der Waals surface area (Å²) >= 11 is 0. The lowest BCUT2D eigenvalue weighted by molar-refractivity contribution is -0.143. The molecule has 1 rings (SSSR count). The van der Waals surface area contributed by atoms with Crippen molar-refractivity contribution < 1.29 is 19.0 Å². The molecule has 0 heterocycles. The van der Waals surface area contributed by atoms with Crippen molar-refractivity contribution in [1.29, 1.82) is 5.26 Å². The molecule has 0 fully saturated rings. The van der Waals surface area contributed by atoms with Gasteiger partial charge in [0.25, 0.3) is 0 Å². The quantitative estimate of drug-likeness (QED) is 0.736. The molecule has 0 saturated heterocycles. The fourth-order valence-corrected chi connectivity index (χ4v) is 1.69. The summed E-state index contributed by atoms with van der Waals surface area (Å²) in [6.07, 6.45) is 0.0276. The summed E-state index contributed by atoms with van der Waals surface area (Å²) in [5, 5.41) is 9.16. The lowest BCUT2D eigenvalue weighted by Gasteiger charge is -2.12. The molecule has 5 heteroatoms. The van der Waals surface area contributed by atoms with Gasteiger partial charge >= 0.3 is 5.97 Å². The van der Waals surface area contributed by atoms with Crippen molar-refractivity contribution in [3.8, 4) is 17.6 Å². The van der Waals surface area contributed by atoms with E-state index in [1.807, 2.05) is 0 Å². The van der Waals surface area contributed by atoms with Crippen molar-refractivity contribution in [2.45, 2.75) is 19.3 Å². The van der Waals surface area contributed by atoms with E-state index in [1.54, 1.807) is 25.1 Å². The predicted molar refractivity (Wildman–Crippen MR) is 69.2 cm³/mol. The molecule has 0 bridgehead atoms. The number of nitrogens with zero attached hydrogens (tertiary/aromatic N) is 1. The van der Waals surface area contributed by atoms with E-state index in [2.05, 4.69) is 6.07 Å². The average Bonchev–Trinajstić information content (AvgIpc) is 2.44. The number of carbonyl (C=O) groups is 1. The fraction of sp³-hybridized carbons (Fsp3) is 0.429. The van der Waals surface area contributed by atoms with Crippen LogP contribution >= 0.6 is 0 Å². The molecule has 5 nitrogen and oxygen atoms in total. The SMILES string of the molecule is CCOC(=O)CC(C#N)c1ccc(OC)c(OC)c1. The summed E-state index contributed by atoms with van der Waals surface area (Å²) < 4.78 is 15.1. The molecule has 0 amide bonds. The van der Waals surface area contributed by atoms with Gasteiger partial charge in [-0.15, -0.1) is 0 Å². The molecule has 0 N–H and O–H groups in total. The second-order valence-corrected chi connectivity index (χ2v) is 3.81. The molecule has 0 spiro atoms. The average molecular weight is 263 g/mol. The zero-order valence-corrected chi connectivity index (χ0v) is 11.3. The van der Waals surface area contributed by atoms with E-state index in [0.717, 1.165) is 0 Å². The van der Waals surface area contributed by atoms with Crippen LogP contribution in [0.25, 0.3) is 0 Å². The minimum absolute atomic E-state index is 0.0276. The second kappa shape index (κ2) is 7.27. The highest BCUT2D eigenvalue weighted by Crippen LogP contribution is 2.31. The van der Waals surface area contributed by atoms with Crippen LogP contribution in [0.4, 0.5) is 0 Å². The Labute approximate surface area is 112 Å². The van der Waals surface area contributed by atoms with Crippen LogP contribution in [0, 0.1) is 11.3 Å². The summed E-state index contributed by atoms with van der Waals surface area (Å²) in [6.45, 7) is 2.04. The summed E-state index contributed by atoms with van der Waals surface area (Å²) in [5.41, 5.74) is 0.702. The van der Waals surface area contributed by atoms with E-state index in [9.17, 15) is 4.79 Å². The van der Waals surface area contributed by atoms with Gasteiger partial charge in [-0.25, -0.2) is 0 Å². The van der Waals surface area contributed by atoms with Crippen LogP contribution in [0.5, 0.6) is 11.5 Å². The highest BCUT2D eigenvalue weighted by molar-refractivity contribution is 5.71. The van der Waals surface area contributed by atoms with E-state index in [4.69, 9.17) is 19.5 Å². The largest absolute Gasteiger partial charge is 0.493 e. The van der Waals surface area contributed by atoms with Crippen molar-refractivity contribution >= 4 is 5.97 Å². The van der Waals surface area contributed by atoms with Gasteiger partial charge in [0.1, 0.15) is 0 Å². The molecular formula is C14H17NO4. The van der Waals surface area contributed by atoms with Gasteiger partial charge in [0.2, 0.25) is 0 Å². The molecule has 0 saturated carbocycles. The molecule has 0 aliphatic rings. The molecular weight excluding hydrogens is 246 g/mol. The molecule has 102 valence electrons. The van der Waals surface area contributed by atoms with Gasteiger partial charge in [-0.05, 0) is 24.6 Å². The lowest BCUT2D eigenvalue weighted by Crippen LogP contribution is -2.09. The second-order valence-electron chi connectivity index (χ2n) is 3.81. The Morgan fingerprint density at radius 2 is 2.00 bits per heavy atom. The van der Waals surface area contributed by atoms with Gasteiger partial charge in [-0.2, -0.15) is 5.26 Å². The maximum atomic E-state index is 11.4. The van der Waals surface area contributed by atoms with Gasteiger partial charge in [0.05, 0.1) is 39.2 Å². The van der Waals surface area contributed by atoms with Gasteiger partial charge in [-0.1, -0.05) is 6.07 Å². The highest BCUT2D eigenvalue weighted by atomic mass is 16.5. The minimum atomic E-state index is -0.557. The number of ether oxygens (including phenoxy) is 3. The van der Waals surface area contributed by atoms with Crippen molar-refractivity contribution in [1.82, 2.24) is 0 Å². The van der Waals surface area contributed by atoms with Crippen LogP contribution in [0.2, 0.25) is 0 Å². The number of esters is 1. The molecule has 0 radical (unpaired) electrons. The maximum absolute atomic E-state index is 11.4. The van der Waals surface area contributed by atoms with Gasteiger partial charge in [0, 0.05) is 0 Å². The Kier molecular flexibility index (Phi) is 5.68. The van der Waals surface area contributed by atoms with Crippen molar-refractivity contribution in [2.24, 2.45) is 0 Å². The maximum Gasteiger partial charge on any atom is 0.307 e. The van der Waals surface area contributed by atoms with Crippen LogP contribution in [0.15, 0.2) is 18.2 Å². The van der Waals surface area contributed by atoms with Gasteiger partial charge in [-0.3, -0.25) is 4.79 Å². The molecule has 1 aromatic rings. The van der Waals surface area contributed by atoms with Crippen molar-refractivity contribution in [3.05, 3.63) is 23.8 Å². The predicted octanol–water partition coefficient (Wildman–Crippen LogP) is 2.26. The first-order valence-electron chi connectivity index (χ1n) is 5.93. The van der Waals surface area contributed by atoms with Crippen LogP contribution in [0.3, 0.4) is 0 Å². The Hall–Kier alpha value is -2.22. The first kappa shape index (κ1) is 14.8. The Balaban J connectivity index is 2.93. The number of rotatable bonds is 6. The number of carbonyl (C=O) groups excluding carboxylic acids is 1. The molecule has 1 aromatic carbocycles. The molecule has 1 atom stereocenters. The third kappa shape index (κ3) is 3.88. The van der Waals surface area contributed by atoms with Crippen molar-refractivity contribution in [2.75, 3.05) is 20.8 Å². The summed E-state index contributed by atoms with van der Waals surface area (Å²) in [5.74, 6) is 0.172. The number of nitriles is 1. The van der Waals surface area contributed by atoms with E-state index in [1.165, 1.54) is 14.2 Å². The van der Waals surface area contributed by atoms with Crippen molar-refractivity contribution in [3.63, 3.8) is 0 Å². The standard InChI is InChI=1S/C14H17NO4/c1-4-19-14(16)8-11(9-15)10-5-6-12(17-2)13(7-10)18-3/h5-7,11H,4,8H2,1-3H3. The normalized spacial score (nSPS) is 11.3. The molecule has 0 aliphatic heterocycles. The van der Waals surface area contributed by atoms with Gasteiger partial charge in [0.15, 0.2) is 11.5 Å². The van der Waals surface area contributed by atoms with Gasteiger partial charge < -0.3 is 14.2 Å². The Morgan fingerprint density at radius 1 is 1.32 bits per heavy atom. The summed E-state index contributed by atoms with van der Waals surface area (Å²) in [4.78, 5) is 11.4. The zero-order valence-electron chi connectivity index (χ0n) is 11.3. The topological polar surface area (TPSA) is 68.6 Å². The Bertz CT molecular complexity index is 479. The van der Waals surface area contributed by atoms with Crippen LogP contribution in [-0.4, -0.2) is 26.8 Å². The van der Waals surface area contributed by atoms with E-state index in [-0.39, 0.29) is 12.4 Å². The number of hydrogen-bond donors (Lipinski definition) is 0. The Morgan fingerprint density at radius 3 is 2.53 bits per heavy atom. The minimum Gasteiger partial charge on any atom is -0.493 e. The lowest BCUT2D eigenvalue weighted by atomic mass is 9.97. The summed E-state index contributed by atoms with van der Waals surface area (Å²) in [6, 6.07) is 7.26. The van der Waals surface area contributed by atoms with Crippen LogP contribution in [0.1, 0.15) is 24.8 Å². The molecule has 0 aromatic heterocycles. The monoisotopic (exact) mass is 263 g/mol. The highest BCUT2D eigenvalue weighted by Gasteiger charge is 2.18. The van der Waals surface area contributed by atoms with Crippen LogP contribution in [-0.2, 0) is 9.53 Å². The first-order valence-corrected chi connectivity index (χ1v) is 5.93. The van der Waals surface area contributed by atoms with E-state index in [0.29, 0.717) is 23.7 Å². The first-order chi connectivity index (χ1) is 9.15. The third-order valence-electron chi connectivity index (χ3n) is 2.64. The number of methoxy groups -OCH3 is 2. The summed E-state index contributed by atoms with van der Waals surface area (Å²) in [7, 11) is 3.06. The number of benzene rings is 1. The molecule has 0 aliphatic carbocycles.